The molecule has 38 heavy (non-hydrogen) atoms. The normalized spacial score (nSPS) is 28.3. The molecule has 2 saturated heterocycles. The van der Waals surface area contributed by atoms with Crippen LogP contribution in [0.25, 0.3) is 11.2 Å². The van der Waals surface area contributed by atoms with Crippen LogP contribution in [-0.2, 0) is 18.5 Å². The van der Waals surface area contributed by atoms with Gasteiger partial charge in [-0.3, -0.25) is 0 Å². The summed E-state index contributed by atoms with van der Waals surface area (Å²) in [5, 5.41) is 20.4. The van der Waals surface area contributed by atoms with Crippen LogP contribution >= 0.6 is 7.59 Å². The standard InChI is InChI=1S/C19H29BN9O8P/c1-38(20,37-9-3-13(35-10(9)4-30)29-7-24-17(21)27-19(29)33)34-5-11-8(31)2-12(36-11)28-6-23-14-15(28)25-18(22)26-16(14)32/h6-13,30-31,38H,2-5,20H2,1H3,(H2,21,27,33)(H3,22,25,26,32)/t8-,9-,10-,11-,12-,13-/m1/s1. The van der Waals surface area contributed by atoms with Gasteiger partial charge in [0.1, 0.15) is 0 Å². The molecule has 2 aliphatic heterocycles. The molecule has 7 N–H and O–H groups in total. The molecule has 0 saturated carbocycles. The molecule has 0 aromatic carbocycles. The zero-order valence-electron chi connectivity index (χ0n) is 20.6. The van der Waals surface area contributed by atoms with Gasteiger partial charge in [-0.2, -0.15) is 0 Å². The Kier molecular flexibility index (Phi) is 7.21. The minimum atomic E-state index is -2.84. The summed E-state index contributed by atoms with van der Waals surface area (Å²) in [6.07, 6.45) is -1.04. The zero-order valence-corrected chi connectivity index (χ0v) is 21.6. The molecule has 6 atom stereocenters. The second-order valence-corrected chi connectivity index (χ2v) is 12.9. The maximum atomic E-state index is 12.2. The molecule has 17 nitrogen and oxygen atoms in total. The van der Waals surface area contributed by atoms with E-state index in [2.05, 4.69) is 24.9 Å². The molecule has 206 valence electrons. The van der Waals surface area contributed by atoms with Gasteiger partial charge in [-0.1, -0.05) is 0 Å². The van der Waals surface area contributed by atoms with E-state index in [0.29, 0.717) is 0 Å². The van der Waals surface area contributed by atoms with Gasteiger partial charge < -0.3 is 0 Å². The van der Waals surface area contributed by atoms with Crippen molar-refractivity contribution in [3.05, 3.63) is 33.5 Å². The molecule has 0 spiro atoms. The Morgan fingerprint density at radius 1 is 1.16 bits per heavy atom. The molecule has 19 heteroatoms. The summed E-state index contributed by atoms with van der Waals surface area (Å²) in [6, 6.07) is 0. The fourth-order valence-electron chi connectivity index (χ4n) is 4.58. The number of nitrogen functional groups attached to an aromatic ring is 2. The molecule has 5 rings (SSSR count). The molecular weight excluding hydrogens is 524 g/mol. The van der Waals surface area contributed by atoms with E-state index in [4.69, 9.17) is 30.0 Å². The van der Waals surface area contributed by atoms with E-state index < -0.39 is 55.7 Å². The summed E-state index contributed by atoms with van der Waals surface area (Å²) in [5.74, 6) is -0.202. The minimum absolute atomic E-state index is 0.0335. The monoisotopic (exact) mass is 553 g/mol. The molecule has 2 fully saturated rings. The predicted octanol–water partition coefficient (Wildman–Crippen LogP) is -2.98. The summed E-state index contributed by atoms with van der Waals surface area (Å²) in [7, 11) is -1.02. The number of nitrogens with two attached hydrogens (primary N) is 2. The third-order valence-electron chi connectivity index (χ3n) is 6.41. The zero-order chi connectivity index (χ0) is 27.2. The van der Waals surface area contributed by atoms with E-state index in [-0.39, 0.29) is 49.1 Å². The van der Waals surface area contributed by atoms with Crippen LogP contribution < -0.4 is 22.7 Å². The molecule has 0 aliphatic carbocycles. The first-order valence-corrected chi connectivity index (χ1v) is 14.7. The van der Waals surface area contributed by atoms with Crippen LogP contribution in [-0.4, -0.2) is 96.1 Å². The van der Waals surface area contributed by atoms with Gasteiger partial charge in [0.25, 0.3) is 0 Å². The topological polar surface area (TPSA) is 241 Å². The van der Waals surface area contributed by atoms with E-state index in [1.165, 1.54) is 17.2 Å². The Labute approximate surface area is 216 Å². The molecule has 0 unspecified atom stereocenters. The van der Waals surface area contributed by atoms with E-state index in [1.54, 1.807) is 4.57 Å². The number of aliphatic hydroxyl groups excluding tert-OH is 2. The van der Waals surface area contributed by atoms with Gasteiger partial charge in [-0.15, -0.1) is 0 Å². The van der Waals surface area contributed by atoms with Crippen molar-refractivity contribution in [2.75, 3.05) is 31.3 Å². The van der Waals surface area contributed by atoms with Crippen LogP contribution in [0.1, 0.15) is 25.3 Å². The third kappa shape index (κ3) is 5.29. The van der Waals surface area contributed by atoms with Gasteiger partial charge in [0.05, 0.1) is 0 Å². The molecular formula is C19H29BN9O8P. The quantitative estimate of drug-likeness (QED) is 0.138. The number of nitrogens with zero attached hydrogens (tertiary/aromatic N) is 6. The number of hydrogen-bond donors (Lipinski definition) is 5. The Morgan fingerprint density at radius 3 is 2.61 bits per heavy atom. The number of aromatic nitrogens is 7. The van der Waals surface area contributed by atoms with Gasteiger partial charge in [0, 0.05) is 0 Å². The number of hydrogen-bond acceptors (Lipinski definition) is 14. The Morgan fingerprint density at radius 2 is 1.87 bits per heavy atom. The van der Waals surface area contributed by atoms with Crippen LogP contribution in [0.4, 0.5) is 11.9 Å². The number of aromatic amines is 1. The van der Waals surface area contributed by atoms with Crippen molar-refractivity contribution in [1.82, 2.24) is 34.1 Å². The molecule has 3 aromatic rings. The van der Waals surface area contributed by atoms with E-state index in [0.717, 1.165) is 0 Å². The van der Waals surface area contributed by atoms with Crippen LogP contribution in [0.15, 0.2) is 22.2 Å². The third-order valence-corrected chi connectivity index (χ3v) is 8.14. The Hall–Kier alpha value is -2.99. The van der Waals surface area contributed by atoms with Crippen molar-refractivity contribution in [3.8, 4) is 0 Å². The van der Waals surface area contributed by atoms with Gasteiger partial charge in [0.15, 0.2) is 0 Å². The van der Waals surface area contributed by atoms with Crippen molar-refractivity contribution in [1.29, 1.82) is 0 Å². The summed E-state index contributed by atoms with van der Waals surface area (Å²) >= 11 is 0. The first kappa shape index (κ1) is 26.6. The van der Waals surface area contributed by atoms with Gasteiger partial charge in [-0.05, 0) is 0 Å². The van der Waals surface area contributed by atoms with Gasteiger partial charge >= 0.3 is 216 Å². The second kappa shape index (κ2) is 10.3. The van der Waals surface area contributed by atoms with Crippen molar-refractivity contribution >= 4 is 38.2 Å². The van der Waals surface area contributed by atoms with Gasteiger partial charge in [-0.25, -0.2) is 0 Å². The van der Waals surface area contributed by atoms with Crippen molar-refractivity contribution < 1.29 is 28.7 Å². The average Bonchev–Trinajstić information content (AvgIpc) is 3.54. The number of fused-ring (bicyclic) bond motifs is 1. The fourth-order valence-corrected chi connectivity index (χ4v) is 6.19. The molecule has 0 bridgehead atoms. The number of H-pyrrole nitrogens is 1. The first-order chi connectivity index (χ1) is 18.0. The summed E-state index contributed by atoms with van der Waals surface area (Å²) in [6.45, 7) is 1.52. The SMILES string of the molecule is B[PH](C)(OC[C@H]1O[C@@H](n2cnc3c(=O)[nH]c(N)nc32)C[C@H]1O)O[C@@H]1C[C@H](n2cnc(N)nc2=O)O[C@@H]1CO. The Balaban J connectivity index is 1.21. The second-order valence-electron chi connectivity index (χ2n) is 9.53. The van der Waals surface area contributed by atoms with Crippen LogP contribution in [0.2, 0.25) is 0 Å². The summed E-state index contributed by atoms with van der Waals surface area (Å²) in [4.78, 5) is 42.3. The van der Waals surface area contributed by atoms with E-state index in [9.17, 15) is 19.8 Å². The molecule has 0 radical (unpaired) electrons. The number of rotatable bonds is 8. The first-order valence-electron chi connectivity index (χ1n) is 11.9. The maximum absolute atomic E-state index is 12.2. The van der Waals surface area contributed by atoms with Crippen LogP contribution in [0, 0.1) is 0 Å². The molecule has 5 heterocycles. The predicted molar refractivity (Wildman–Crippen MR) is 137 cm³/mol. The molecule has 2 aliphatic rings. The van der Waals surface area contributed by atoms with Crippen LogP contribution in [0.5, 0.6) is 0 Å². The number of nitrogens with one attached hydrogen (secondary N) is 1. The summed E-state index contributed by atoms with van der Waals surface area (Å²) in [5.41, 5.74) is 10.4. The van der Waals surface area contributed by atoms with Crippen molar-refractivity contribution in [2.45, 2.75) is 49.7 Å². The van der Waals surface area contributed by atoms with Gasteiger partial charge in [0.2, 0.25) is 0 Å². The van der Waals surface area contributed by atoms with E-state index >= 15 is 0 Å². The molecule has 0 amide bonds. The van der Waals surface area contributed by atoms with Crippen molar-refractivity contribution in [3.63, 3.8) is 0 Å². The van der Waals surface area contributed by atoms with Crippen LogP contribution in [0.3, 0.4) is 0 Å². The van der Waals surface area contributed by atoms with E-state index in [1.807, 2.05) is 14.2 Å². The number of anilines is 2. The fraction of sp³-hybridized carbons (Fsp3) is 0.579. The average molecular weight is 553 g/mol. The number of ether oxygens (including phenoxy) is 2. The van der Waals surface area contributed by atoms with Crippen molar-refractivity contribution in [2.24, 2.45) is 0 Å². The number of aliphatic hydroxyl groups is 2. The molecule has 3 aromatic heterocycles. The summed E-state index contributed by atoms with van der Waals surface area (Å²) < 4.78 is 26.9. The number of imidazole rings is 1. The Bertz CT molecular complexity index is 1430.